The highest BCUT2D eigenvalue weighted by Crippen LogP contribution is 2.33. The highest BCUT2D eigenvalue weighted by molar-refractivity contribution is 6.08. The lowest BCUT2D eigenvalue weighted by atomic mass is 9.88. The van der Waals surface area contributed by atoms with Crippen LogP contribution >= 0.6 is 0 Å². The van der Waals surface area contributed by atoms with Gasteiger partial charge in [0, 0.05) is 5.71 Å². The van der Waals surface area contributed by atoms with E-state index in [0.717, 1.165) is 11.1 Å². The van der Waals surface area contributed by atoms with E-state index in [0.29, 0.717) is 17.2 Å². The molecule has 0 saturated carbocycles. The summed E-state index contributed by atoms with van der Waals surface area (Å²) in [7, 11) is 0. The van der Waals surface area contributed by atoms with Gasteiger partial charge in [0.15, 0.2) is 11.5 Å². The molecule has 2 heterocycles. The number of hydrogen-bond acceptors (Lipinski definition) is 5. The topological polar surface area (TPSA) is 86.2 Å². The first-order chi connectivity index (χ1) is 13.1. The number of rotatable bonds is 4. The number of carbonyl (C=O) groups excluding carboxylic acids is 2. The van der Waals surface area contributed by atoms with Crippen LogP contribution in [-0.4, -0.2) is 24.5 Å². The lowest BCUT2D eigenvalue weighted by molar-refractivity contribution is -0.148. The average Bonchev–Trinajstić information content (AvgIpc) is 3.14. The number of nitrogens with zero attached hydrogens (tertiary/aromatic N) is 1. The van der Waals surface area contributed by atoms with Crippen LogP contribution in [0.4, 0.5) is 4.79 Å². The van der Waals surface area contributed by atoms with Gasteiger partial charge in [0.2, 0.25) is 6.79 Å². The molecular formula is C20H18N2O5. The largest absolute Gasteiger partial charge is 0.460 e. The number of fused-ring (bicyclic) bond motifs is 1. The van der Waals surface area contributed by atoms with Crippen LogP contribution in [0.15, 0.2) is 53.5 Å². The van der Waals surface area contributed by atoms with Crippen LogP contribution < -0.4 is 14.8 Å². The number of aliphatic imine (C=N–C) groups is 1. The molecule has 0 saturated heterocycles. The van der Waals surface area contributed by atoms with Crippen LogP contribution in [-0.2, 0) is 16.1 Å². The van der Waals surface area contributed by atoms with Crippen LogP contribution in [0.2, 0.25) is 0 Å². The van der Waals surface area contributed by atoms with Crippen LogP contribution in [0.3, 0.4) is 0 Å². The number of benzene rings is 2. The fourth-order valence-electron chi connectivity index (χ4n) is 3.24. The molecule has 2 aromatic carbocycles. The molecule has 138 valence electrons. The maximum Gasteiger partial charge on any atom is 0.341 e. The monoisotopic (exact) mass is 366 g/mol. The average molecular weight is 366 g/mol. The maximum atomic E-state index is 12.8. The molecule has 2 aromatic rings. The summed E-state index contributed by atoms with van der Waals surface area (Å²) in [4.78, 5) is 28.5. The SMILES string of the molecule is CC1=NC(=O)NC(c2ccccc2)C1C(=O)OCc1ccc2c(c1)OCO2. The lowest BCUT2D eigenvalue weighted by Gasteiger charge is -2.29. The molecule has 2 atom stereocenters. The third kappa shape index (κ3) is 3.48. The predicted molar refractivity (Wildman–Crippen MR) is 96.7 cm³/mol. The quantitative estimate of drug-likeness (QED) is 0.841. The minimum absolute atomic E-state index is 0.0920. The van der Waals surface area contributed by atoms with Crippen molar-refractivity contribution < 1.29 is 23.8 Å². The Hall–Kier alpha value is -3.35. The van der Waals surface area contributed by atoms with Gasteiger partial charge in [-0.2, -0.15) is 0 Å². The minimum Gasteiger partial charge on any atom is -0.460 e. The third-order valence-electron chi connectivity index (χ3n) is 4.57. The number of hydrogen-bond donors (Lipinski definition) is 1. The zero-order valence-electron chi connectivity index (χ0n) is 14.7. The standard InChI is InChI=1S/C20H18N2O5/c1-12-17(18(22-20(24)21-12)14-5-3-2-4-6-14)19(23)25-10-13-7-8-15-16(9-13)27-11-26-15/h2-9,17-18H,10-11H2,1H3,(H,22,24). The predicted octanol–water partition coefficient (Wildman–Crippen LogP) is 3.00. The van der Waals surface area contributed by atoms with Gasteiger partial charge >= 0.3 is 12.0 Å². The van der Waals surface area contributed by atoms with Gasteiger partial charge in [0.1, 0.15) is 12.5 Å². The molecule has 2 aliphatic rings. The maximum absolute atomic E-state index is 12.8. The number of urea groups is 1. The van der Waals surface area contributed by atoms with Crippen molar-refractivity contribution in [2.45, 2.75) is 19.6 Å². The van der Waals surface area contributed by atoms with E-state index < -0.39 is 24.0 Å². The first-order valence-corrected chi connectivity index (χ1v) is 8.57. The molecule has 0 aromatic heterocycles. The summed E-state index contributed by atoms with van der Waals surface area (Å²) < 4.78 is 16.1. The van der Waals surface area contributed by atoms with Gasteiger partial charge in [-0.1, -0.05) is 36.4 Å². The van der Waals surface area contributed by atoms with E-state index in [4.69, 9.17) is 14.2 Å². The molecule has 7 heteroatoms. The fraction of sp³-hybridized carbons (Fsp3) is 0.250. The Morgan fingerprint density at radius 3 is 2.78 bits per heavy atom. The smallest absolute Gasteiger partial charge is 0.341 e. The molecule has 0 fully saturated rings. The summed E-state index contributed by atoms with van der Waals surface area (Å²) in [6.45, 7) is 1.95. The van der Waals surface area contributed by atoms with Crippen molar-refractivity contribution in [3.8, 4) is 11.5 Å². The summed E-state index contributed by atoms with van der Waals surface area (Å²) in [5, 5.41) is 2.76. The molecule has 7 nitrogen and oxygen atoms in total. The molecule has 0 spiro atoms. The number of esters is 1. The molecule has 27 heavy (non-hydrogen) atoms. The van der Waals surface area contributed by atoms with Gasteiger partial charge in [-0.25, -0.2) is 9.79 Å². The minimum atomic E-state index is -0.681. The second kappa shape index (κ2) is 7.11. The number of nitrogens with one attached hydrogen (secondary N) is 1. The van der Waals surface area contributed by atoms with Crippen LogP contribution in [0, 0.1) is 5.92 Å². The Labute approximate surface area is 156 Å². The van der Waals surface area contributed by atoms with Gasteiger partial charge in [0.05, 0.1) is 6.04 Å². The Morgan fingerprint density at radius 1 is 1.19 bits per heavy atom. The second-order valence-corrected chi connectivity index (χ2v) is 6.36. The highest BCUT2D eigenvalue weighted by Gasteiger charge is 2.37. The number of carbonyl (C=O) groups is 2. The molecule has 2 aliphatic heterocycles. The van der Waals surface area contributed by atoms with Crippen LogP contribution in [0.25, 0.3) is 0 Å². The van der Waals surface area contributed by atoms with Gasteiger partial charge in [-0.05, 0) is 30.2 Å². The third-order valence-corrected chi connectivity index (χ3v) is 4.57. The fourth-order valence-corrected chi connectivity index (χ4v) is 3.24. The second-order valence-electron chi connectivity index (χ2n) is 6.36. The van der Waals surface area contributed by atoms with Crippen molar-refractivity contribution in [1.82, 2.24) is 5.32 Å². The first-order valence-electron chi connectivity index (χ1n) is 8.57. The van der Waals surface area contributed by atoms with Gasteiger partial charge in [0.25, 0.3) is 0 Å². The first kappa shape index (κ1) is 17.1. The Morgan fingerprint density at radius 2 is 1.96 bits per heavy atom. The molecule has 2 unspecified atom stereocenters. The summed E-state index contributed by atoms with van der Waals surface area (Å²) in [6, 6.07) is 13.7. The highest BCUT2D eigenvalue weighted by atomic mass is 16.7. The van der Waals surface area contributed by atoms with E-state index in [9.17, 15) is 9.59 Å². The normalized spacial score (nSPS) is 20.6. The van der Waals surface area contributed by atoms with Crippen LogP contribution in [0.5, 0.6) is 11.5 Å². The summed E-state index contributed by atoms with van der Waals surface area (Å²) in [5.41, 5.74) is 2.05. The summed E-state index contributed by atoms with van der Waals surface area (Å²) >= 11 is 0. The Bertz CT molecular complexity index is 910. The van der Waals surface area contributed by atoms with E-state index in [1.807, 2.05) is 36.4 Å². The molecule has 0 aliphatic carbocycles. The van der Waals surface area contributed by atoms with Crippen molar-refractivity contribution in [2.75, 3.05) is 6.79 Å². The van der Waals surface area contributed by atoms with E-state index in [1.165, 1.54) is 0 Å². The molecule has 1 N–H and O–H groups in total. The zero-order chi connectivity index (χ0) is 18.8. The zero-order valence-corrected chi connectivity index (χ0v) is 14.7. The van der Waals surface area contributed by atoms with E-state index in [1.54, 1.807) is 19.1 Å². The Kier molecular flexibility index (Phi) is 4.50. The lowest BCUT2D eigenvalue weighted by Crippen LogP contribution is -2.44. The molecule has 0 bridgehead atoms. The van der Waals surface area contributed by atoms with Crippen molar-refractivity contribution in [3.63, 3.8) is 0 Å². The van der Waals surface area contributed by atoms with Crippen molar-refractivity contribution >= 4 is 17.7 Å². The van der Waals surface area contributed by atoms with Gasteiger partial charge in [-0.3, -0.25) is 4.79 Å². The van der Waals surface area contributed by atoms with Gasteiger partial charge in [-0.15, -0.1) is 0 Å². The molecular weight excluding hydrogens is 348 g/mol. The number of amides is 2. The van der Waals surface area contributed by atoms with E-state index >= 15 is 0 Å². The Balaban J connectivity index is 1.51. The van der Waals surface area contributed by atoms with Crippen molar-refractivity contribution in [2.24, 2.45) is 10.9 Å². The molecule has 4 rings (SSSR count). The molecule has 2 amide bonds. The summed E-state index contributed by atoms with van der Waals surface area (Å²) in [6.07, 6.45) is 0. The van der Waals surface area contributed by atoms with E-state index in [2.05, 4.69) is 10.3 Å². The summed E-state index contributed by atoms with van der Waals surface area (Å²) in [5.74, 6) is 0.183. The van der Waals surface area contributed by atoms with Gasteiger partial charge < -0.3 is 19.5 Å². The molecule has 0 radical (unpaired) electrons. The van der Waals surface area contributed by atoms with Crippen LogP contribution in [0.1, 0.15) is 24.1 Å². The van der Waals surface area contributed by atoms with E-state index in [-0.39, 0.29) is 13.4 Å². The van der Waals surface area contributed by atoms with Crippen molar-refractivity contribution in [3.05, 3.63) is 59.7 Å². The number of ether oxygens (including phenoxy) is 3. The van der Waals surface area contributed by atoms with Crippen molar-refractivity contribution in [1.29, 1.82) is 0 Å².